The first kappa shape index (κ1) is 7.26. The zero-order chi connectivity index (χ0) is 6.73. The van der Waals surface area contributed by atoms with Crippen LogP contribution >= 0.6 is 0 Å². The first-order valence-electron chi connectivity index (χ1n) is 1.56. The minimum absolute atomic E-state index is 1.75. The van der Waals surface area contributed by atoms with Gasteiger partial charge in [0.15, 0.2) is 7.85 Å². The van der Waals surface area contributed by atoms with E-state index in [-0.39, 0.29) is 0 Å². The van der Waals surface area contributed by atoms with Crippen molar-refractivity contribution in [1.82, 2.24) is 0 Å². The molecule has 1 nitrogen and oxygen atoms in total. The van der Waals surface area contributed by atoms with Gasteiger partial charge < -0.3 is 4.79 Å². The van der Waals surface area contributed by atoms with Crippen LogP contribution in [0, 0.1) is 0 Å². The first-order chi connectivity index (χ1) is 3.55. The molecule has 0 saturated carbocycles. The molecule has 0 aromatic heterocycles. The van der Waals surface area contributed by atoms with Crippen LogP contribution < -0.4 is 0 Å². The van der Waals surface area contributed by atoms with Crippen LogP contribution in [0.1, 0.15) is 0 Å². The number of rotatable bonds is 1. The van der Waals surface area contributed by atoms with Crippen LogP contribution in [0.15, 0.2) is 11.9 Å². The molecule has 5 heteroatoms. The van der Waals surface area contributed by atoms with Gasteiger partial charge in [-0.2, -0.15) is 13.2 Å². The molecule has 0 fully saturated rings. The quantitative estimate of drug-likeness (QED) is 0.368. The Bertz CT molecular complexity index is 137. The van der Waals surface area contributed by atoms with Crippen LogP contribution in [0.3, 0.4) is 0 Å². The normalized spacial score (nSPS) is 8.38. The van der Waals surface area contributed by atoms with Gasteiger partial charge in [-0.3, -0.25) is 0 Å². The van der Waals surface area contributed by atoms with E-state index in [4.69, 9.17) is 0 Å². The molecule has 0 bridgehead atoms. The highest BCUT2D eigenvalue weighted by atomic mass is 19.3. The number of allylic oxidation sites excluding steroid dienone is 1. The number of carbonyl (C=O) groups is 1. The topological polar surface area (TPSA) is 17.1 Å². The van der Waals surface area contributed by atoms with E-state index in [1.807, 2.05) is 0 Å². The summed E-state index contributed by atoms with van der Waals surface area (Å²) in [6.07, 6.45) is -2.68. The molecule has 0 unspecified atom stereocenters. The van der Waals surface area contributed by atoms with Crippen molar-refractivity contribution in [2.24, 2.45) is 0 Å². The number of carbonyl (C=O) groups excluding carboxylic acids is 1. The molecule has 2 radical (unpaired) electrons. The van der Waals surface area contributed by atoms with Crippen molar-refractivity contribution < 1.29 is 18.0 Å². The van der Waals surface area contributed by atoms with Crippen molar-refractivity contribution in [2.45, 2.75) is 0 Å². The highest BCUT2D eigenvalue weighted by Gasteiger charge is 2.07. The lowest BCUT2D eigenvalue weighted by Crippen LogP contribution is -1.96. The maximum absolute atomic E-state index is 11.3. The van der Waals surface area contributed by atoms with E-state index in [9.17, 15) is 18.0 Å². The third-order valence-electron chi connectivity index (χ3n) is 0.382. The standard InChI is InChI=1S/C3BF3O/c4-2(8)1(5)3(6)7. The lowest BCUT2D eigenvalue weighted by molar-refractivity contribution is -0.110. The van der Waals surface area contributed by atoms with E-state index in [0.29, 0.717) is 0 Å². The molecule has 0 aromatic carbocycles. The van der Waals surface area contributed by atoms with Crippen molar-refractivity contribution in [1.29, 1.82) is 0 Å². The first-order valence-corrected chi connectivity index (χ1v) is 1.56. The fraction of sp³-hybridized carbons (Fsp3) is 0. The Balaban J connectivity index is 4.23. The summed E-state index contributed by atoms with van der Waals surface area (Å²) in [5, 5.41) is 0. The molecule has 0 spiro atoms. The van der Waals surface area contributed by atoms with Gasteiger partial charge in [0.2, 0.25) is 5.83 Å². The summed E-state index contributed by atoms with van der Waals surface area (Å²) in [5.41, 5.74) is -1.75. The van der Waals surface area contributed by atoms with Crippen LogP contribution in [0.4, 0.5) is 13.2 Å². The SMILES string of the molecule is [B]C(=O)C(F)=C(F)F. The zero-order valence-electron chi connectivity index (χ0n) is 3.62. The second-order valence-electron chi connectivity index (χ2n) is 0.939. The second-order valence-corrected chi connectivity index (χ2v) is 0.939. The highest BCUT2D eigenvalue weighted by Crippen LogP contribution is 2.07. The number of hydrogen-bond donors (Lipinski definition) is 0. The fourth-order valence-corrected chi connectivity index (χ4v) is 0.0931. The summed E-state index contributed by atoms with van der Waals surface area (Å²) in [6.45, 7) is 0. The summed E-state index contributed by atoms with van der Waals surface area (Å²) >= 11 is 0. The van der Waals surface area contributed by atoms with E-state index < -0.39 is 17.6 Å². The molecule has 0 amide bonds. The molecule has 0 aliphatic rings. The van der Waals surface area contributed by atoms with Gasteiger partial charge in [0.05, 0.1) is 0 Å². The average Bonchev–Trinajstić information content (AvgIpc) is 1.64. The zero-order valence-corrected chi connectivity index (χ0v) is 3.62. The van der Waals surface area contributed by atoms with Crippen LogP contribution in [0.25, 0.3) is 0 Å². The maximum Gasteiger partial charge on any atom is 0.308 e. The summed E-state index contributed by atoms with van der Waals surface area (Å²) in [6, 6.07) is 0. The molecule has 0 atom stereocenters. The minimum Gasteiger partial charge on any atom is -0.305 e. The smallest absolute Gasteiger partial charge is 0.305 e. The Morgan fingerprint density at radius 2 is 1.62 bits per heavy atom. The van der Waals surface area contributed by atoms with Gasteiger partial charge >= 0.3 is 6.08 Å². The van der Waals surface area contributed by atoms with E-state index in [2.05, 4.69) is 7.85 Å². The molecule has 8 heavy (non-hydrogen) atoms. The van der Waals surface area contributed by atoms with E-state index in [0.717, 1.165) is 0 Å². The Kier molecular flexibility index (Phi) is 2.31. The van der Waals surface area contributed by atoms with Gasteiger partial charge in [-0.15, -0.1) is 0 Å². The van der Waals surface area contributed by atoms with Crippen molar-refractivity contribution in [3.63, 3.8) is 0 Å². The Morgan fingerprint density at radius 3 is 1.62 bits per heavy atom. The van der Waals surface area contributed by atoms with Crippen LogP contribution in [-0.4, -0.2) is 13.5 Å². The monoisotopic (exact) mass is 120 g/mol. The summed E-state index contributed by atoms with van der Waals surface area (Å²) in [7, 11) is 4.09. The molecule has 0 aliphatic carbocycles. The average molecular weight is 120 g/mol. The van der Waals surface area contributed by atoms with Crippen LogP contribution in [0.5, 0.6) is 0 Å². The summed E-state index contributed by atoms with van der Waals surface area (Å²) in [5.74, 6) is -2.18. The second kappa shape index (κ2) is 2.54. The fourth-order valence-electron chi connectivity index (χ4n) is 0.0931. The highest BCUT2D eigenvalue weighted by molar-refractivity contribution is 6.61. The minimum atomic E-state index is -2.68. The van der Waals surface area contributed by atoms with Gasteiger partial charge in [0.25, 0.3) is 0 Å². The van der Waals surface area contributed by atoms with E-state index in [1.54, 1.807) is 0 Å². The Labute approximate surface area is 44.6 Å². The van der Waals surface area contributed by atoms with Gasteiger partial charge in [-0.25, -0.2) is 0 Å². The lowest BCUT2D eigenvalue weighted by atomic mass is 10.0. The lowest BCUT2D eigenvalue weighted by Gasteiger charge is -1.82. The van der Waals surface area contributed by atoms with Gasteiger partial charge in [0.1, 0.15) is 5.68 Å². The molecular weight excluding hydrogens is 120 g/mol. The van der Waals surface area contributed by atoms with Crippen molar-refractivity contribution in [2.75, 3.05) is 0 Å². The van der Waals surface area contributed by atoms with Crippen molar-refractivity contribution in [3.05, 3.63) is 11.9 Å². The molecule has 0 N–H and O–H groups in total. The molecule has 0 aromatic rings. The van der Waals surface area contributed by atoms with Crippen molar-refractivity contribution in [3.8, 4) is 0 Å². The van der Waals surface area contributed by atoms with E-state index in [1.165, 1.54) is 0 Å². The van der Waals surface area contributed by atoms with E-state index >= 15 is 0 Å². The molecule has 0 aliphatic heterocycles. The van der Waals surface area contributed by atoms with Crippen LogP contribution in [-0.2, 0) is 4.79 Å². The Hall–Kier alpha value is -0.735. The third kappa shape index (κ3) is 1.81. The molecular formula is C3BF3O. The maximum atomic E-state index is 11.3. The number of hydrogen-bond acceptors (Lipinski definition) is 1. The third-order valence-corrected chi connectivity index (χ3v) is 0.382. The van der Waals surface area contributed by atoms with Crippen LogP contribution in [0.2, 0.25) is 0 Å². The van der Waals surface area contributed by atoms with Gasteiger partial charge in [-0.1, -0.05) is 0 Å². The van der Waals surface area contributed by atoms with Gasteiger partial charge in [-0.05, 0) is 0 Å². The largest absolute Gasteiger partial charge is 0.308 e. The predicted octanol–water partition coefficient (Wildman–Crippen LogP) is 0.759. The predicted molar refractivity (Wildman–Crippen MR) is 21.1 cm³/mol. The molecule has 0 rings (SSSR count). The van der Waals surface area contributed by atoms with Crippen molar-refractivity contribution >= 4 is 13.5 Å². The Morgan fingerprint density at radius 1 is 1.25 bits per heavy atom. The summed E-state index contributed by atoms with van der Waals surface area (Å²) in [4.78, 5) is 9.45. The van der Waals surface area contributed by atoms with Gasteiger partial charge in [0, 0.05) is 0 Å². The number of halogens is 3. The summed E-state index contributed by atoms with van der Waals surface area (Å²) < 4.78 is 33.1. The molecule has 0 heterocycles. The molecule has 0 saturated heterocycles. The molecule has 42 valence electrons.